The van der Waals surface area contributed by atoms with Crippen LogP contribution in [0.15, 0.2) is 30.3 Å². The third-order valence-corrected chi connectivity index (χ3v) is 4.08. The van der Waals surface area contributed by atoms with Crippen LogP contribution in [0.25, 0.3) is 0 Å². The van der Waals surface area contributed by atoms with Crippen LogP contribution in [0, 0.1) is 5.82 Å². The van der Waals surface area contributed by atoms with Gasteiger partial charge in [0.15, 0.2) is 0 Å². The van der Waals surface area contributed by atoms with Crippen LogP contribution in [0.3, 0.4) is 0 Å². The molecule has 2 N–H and O–H groups in total. The lowest BCUT2D eigenvalue weighted by molar-refractivity contribution is 0.0691. The highest BCUT2D eigenvalue weighted by atomic mass is 19.1. The van der Waals surface area contributed by atoms with Crippen LogP contribution in [0.4, 0.5) is 10.1 Å². The highest BCUT2D eigenvalue weighted by Crippen LogP contribution is 2.29. The number of pyridine rings is 1. The standard InChI is InChI=1S/C21H25FN2O3/c1-20(2,3)16-10-13(11-17(24-16)21(4,5)6)23-18(25)12-7-8-14(19(26)27)15(22)9-12/h7-11H,1-6H3,(H,26,27)(H,23,24,25). The van der Waals surface area contributed by atoms with E-state index in [1.165, 1.54) is 6.07 Å². The molecule has 0 aliphatic heterocycles. The molecule has 2 aromatic rings. The van der Waals surface area contributed by atoms with Crippen molar-refractivity contribution in [1.82, 2.24) is 4.98 Å². The lowest BCUT2D eigenvalue weighted by atomic mass is 9.87. The largest absolute Gasteiger partial charge is 0.478 e. The summed E-state index contributed by atoms with van der Waals surface area (Å²) in [6.07, 6.45) is 0. The number of carboxylic acids is 1. The summed E-state index contributed by atoms with van der Waals surface area (Å²) in [5.41, 5.74) is 1.37. The molecule has 27 heavy (non-hydrogen) atoms. The average Bonchev–Trinajstić information content (AvgIpc) is 2.52. The minimum atomic E-state index is -1.38. The van der Waals surface area contributed by atoms with Crippen molar-refractivity contribution in [2.75, 3.05) is 5.32 Å². The van der Waals surface area contributed by atoms with E-state index in [2.05, 4.69) is 5.32 Å². The molecule has 0 radical (unpaired) electrons. The Morgan fingerprint density at radius 3 is 1.89 bits per heavy atom. The van der Waals surface area contributed by atoms with Gasteiger partial charge in [0, 0.05) is 33.5 Å². The molecule has 0 aliphatic carbocycles. The number of amides is 1. The molecule has 0 atom stereocenters. The summed E-state index contributed by atoms with van der Waals surface area (Å²) >= 11 is 0. The van der Waals surface area contributed by atoms with Gasteiger partial charge in [-0.25, -0.2) is 9.18 Å². The van der Waals surface area contributed by atoms with E-state index < -0.39 is 23.3 Å². The number of aromatic carboxylic acids is 1. The number of aromatic nitrogens is 1. The van der Waals surface area contributed by atoms with Gasteiger partial charge >= 0.3 is 5.97 Å². The molecule has 0 fully saturated rings. The van der Waals surface area contributed by atoms with Crippen LogP contribution in [0.2, 0.25) is 0 Å². The van der Waals surface area contributed by atoms with E-state index in [1.54, 1.807) is 12.1 Å². The number of rotatable bonds is 3. The van der Waals surface area contributed by atoms with Gasteiger partial charge in [-0.2, -0.15) is 0 Å². The molecule has 0 spiro atoms. The van der Waals surface area contributed by atoms with Crippen LogP contribution in [0.1, 0.15) is 73.6 Å². The van der Waals surface area contributed by atoms with Crippen LogP contribution in [-0.4, -0.2) is 22.0 Å². The fraction of sp³-hybridized carbons (Fsp3) is 0.381. The molecule has 1 aromatic heterocycles. The number of anilines is 1. The Kier molecular flexibility index (Phi) is 5.40. The molecule has 0 saturated heterocycles. The highest BCUT2D eigenvalue weighted by molar-refractivity contribution is 6.04. The minimum absolute atomic E-state index is 0.0453. The number of carbonyl (C=O) groups excluding carboxylic acids is 1. The maximum Gasteiger partial charge on any atom is 0.338 e. The van der Waals surface area contributed by atoms with Gasteiger partial charge in [-0.05, 0) is 30.3 Å². The van der Waals surface area contributed by atoms with E-state index in [0.29, 0.717) is 5.69 Å². The molecule has 0 saturated carbocycles. The number of hydrogen-bond donors (Lipinski definition) is 2. The number of nitrogens with one attached hydrogen (secondary N) is 1. The number of halogens is 1. The monoisotopic (exact) mass is 372 g/mol. The Morgan fingerprint density at radius 2 is 1.48 bits per heavy atom. The first-order chi connectivity index (χ1) is 12.3. The zero-order chi connectivity index (χ0) is 20.6. The molecule has 144 valence electrons. The zero-order valence-electron chi connectivity index (χ0n) is 16.5. The Labute approximate surface area is 158 Å². The van der Waals surface area contributed by atoms with Crippen LogP contribution in [-0.2, 0) is 10.8 Å². The van der Waals surface area contributed by atoms with Gasteiger partial charge in [-0.15, -0.1) is 0 Å². The van der Waals surface area contributed by atoms with E-state index in [9.17, 15) is 14.0 Å². The van der Waals surface area contributed by atoms with Gasteiger partial charge in [0.1, 0.15) is 5.82 Å². The predicted octanol–water partition coefficient (Wildman–Crippen LogP) is 4.77. The number of hydrogen-bond acceptors (Lipinski definition) is 3. The van der Waals surface area contributed by atoms with Crippen molar-refractivity contribution in [2.45, 2.75) is 52.4 Å². The zero-order valence-corrected chi connectivity index (χ0v) is 16.5. The van der Waals surface area contributed by atoms with Crippen LogP contribution in [0.5, 0.6) is 0 Å². The summed E-state index contributed by atoms with van der Waals surface area (Å²) in [7, 11) is 0. The summed E-state index contributed by atoms with van der Waals surface area (Å²) < 4.78 is 13.9. The van der Waals surface area contributed by atoms with E-state index in [4.69, 9.17) is 10.1 Å². The SMILES string of the molecule is CC(C)(C)c1cc(NC(=O)c2ccc(C(=O)O)c(F)c2)cc(C(C)(C)C)n1. The second kappa shape index (κ2) is 7.10. The normalized spacial score (nSPS) is 12.0. The van der Waals surface area contributed by atoms with E-state index >= 15 is 0 Å². The summed E-state index contributed by atoms with van der Waals surface area (Å²) in [6.45, 7) is 12.2. The van der Waals surface area contributed by atoms with Crippen molar-refractivity contribution in [2.24, 2.45) is 0 Å². The van der Waals surface area contributed by atoms with Gasteiger partial charge in [0.2, 0.25) is 0 Å². The molecule has 0 unspecified atom stereocenters. The van der Waals surface area contributed by atoms with E-state index in [1.807, 2.05) is 41.5 Å². The van der Waals surface area contributed by atoms with Gasteiger partial charge in [0.25, 0.3) is 5.91 Å². The topological polar surface area (TPSA) is 79.3 Å². The van der Waals surface area contributed by atoms with E-state index in [0.717, 1.165) is 23.5 Å². The molecule has 6 heteroatoms. The summed E-state index contributed by atoms with van der Waals surface area (Å²) in [4.78, 5) is 28.2. The minimum Gasteiger partial charge on any atom is -0.478 e. The lowest BCUT2D eigenvalue weighted by Gasteiger charge is -2.25. The van der Waals surface area contributed by atoms with Crippen molar-refractivity contribution in [3.05, 3.63) is 58.7 Å². The molecule has 2 rings (SSSR count). The molecule has 1 amide bonds. The van der Waals surface area contributed by atoms with E-state index in [-0.39, 0.29) is 16.4 Å². The lowest BCUT2D eigenvalue weighted by Crippen LogP contribution is -2.21. The highest BCUT2D eigenvalue weighted by Gasteiger charge is 2.23. The van der Waals surface area contributed by atoms with Gasteiger partial charge in [0.05, 0.1) is 5.56 Å². The fourth-order valence-corrected chi connectivity index (χ4v) is 2.40. The molecule has 5 nitrogen and oxygen atoms in total. The Hall–Kier alpha value is -2.76. The van der Waals surface area contributed by atoms with Gasteiger partial charge in [-0.3, -0.25) is 9.78 Å². The van der Waals surface area contributed by atoms with Crippen molar-refractivity contribution in [3.8, 4) is 0 Å². The summed E-state index contributed by atoms with van der Waals surface area (Å²) in [6, 6.07) is 6.90. The molecule has 1 heterocycles. The molecule has 0 bridgehead atoms. The second-order valence-electron chi connectivity index (χ2n) is 8.58. The quantitative estimate of drug-likeness (QED) is 0.814. The van der Waals surface area contributed by atoms with Gasteiger partial charge < -0.3 is 10.4 Å². The van der Waals surface area contributed by atoms with Crippen molar-refractivity contribution in [3.63, 3.8) is 0 Å². The predicted molar refractivity (Wildman–Crippen MR) is 103 cm³/mol. The maximum atomic E-state index is 13.9. The fourth-order valence-electron chi connectivity index (χ4n) is 2.40. The number of benzene rings is 1. The molecular weight excluding hydrogens is 347 g/mol. The number of carboxylic acid groups (broad SMARTS) is 1. The van der Waals surface area contributed by atoms with Gasteiger partial charge in [-0.1, -0.05) is 41.5 Å². The first-order valence-electron chi connectivity index (χ1n) is 8.66. The van der Waals surface area contributed by atoms with Crippen LogP contribution >= 0.6 is 0 Å². The maximum absolute atomic E-state index is 13.9. The van der Waals surface area contributed by atoms with Crippen molar-refractivity contribution < 1.29 is 19.1 Å². The Bertz CT molecular complexity index is 861. The third-order valence-electron chi connectivity index (χ3n) is 4.08. The first-order valence-corrected chi connectivity index (χ1v) is 8.66. The third kappa shape index (κ3) is 4.90. The summed E-state index contributed by atoms with van der Waals surface area (Å²) in [5, 5.41) is 11.7. The smallest absolute Gasteiger partial charge is 0.338 e. The molecule has 0 aliphatic rings. The summed E-state index contributed by atoms with van der Waals surface area (Å²) in [5.74, 6) is -2.84. The molecule has 1 aromatic carbocycles. The Balaban J connectivity index is 2.40. The number of carbonyl (C=O) groups is 2. The van der Waals surface area contributed by atoms with Crippen LogP contribution < -0.4 is 5.32 Å². The van der Waals surface area contributed by atoms with Crippen molar-refractivity contribution >= 4 is 17.6 Å². The Morgan fingerprint density at radius 1 is 0.963 bits per heavy atom. The second-order valence-corrected chi connectivity index (χ2v) is 8.58. The van der Waals surface area contributed by atoms with Crippen molar-refractivity contribution in [1.29, 1.82) is 0 Å². The first kappa shape index (κ1) is 20.6. The average molecular weight is 372 g/mol. The number of nitrogens with zero attached hydrogens (tertiary/aromatic N) is 1. The molecular formula is C21H25FN2O3.